The third-order valence-corrected chi connectivity index (χ3v) is 5.07. The van der Waals surface area contributed by atoms with E-state index in [-0.39, 0.29) is 30.2 Å². The lowest BCUT2D eigenvalue weighted by Crippen LogP contribution is -2.38. The van der Waals surface area contributed by atoms with Crippen molar-refractivity contribution in [1.82, 2.24) is 4.90 Å². The van der Waals surface area contributed by atoms with Gasteiger partial charge < -0.3 is 14.8 Å². The lowest BCUT2D eigenvalue weighted by molar-refractivity contribution is -0.142. The molecule has 1 saturated heterocycles. The van der Waals surface area contributed by atoms with Crippen molar-refractivity contribution in [3.05, 3.63) is 18.2 Å². The predicted molar refractivity (Wildman–Crippen MR) is 99.6 cm³/mol. The van der Waals surface area contributed by atoms with Crippen molar-refractivity contribution in [1.29, 1.82) is 0 Å². The van der Waals surface area contributed by atoms with Crippen molar-refractivity contribution in [2.45, 2.75) is 39.5 Å². The molecular formula is C20H26N2O5. The first kappa shape index (κ1) is 19.2. The number of ether oxygens (including phenoxy) is 2. The Bertz CT molecular complexity index is 709. The van der Waals surface area contributed by atoms with Crippen LogP contribution in [0.5, 0.6) is 11.5 Å². The largest absolute Gasteiger partial charge is 0.494 e. The van der Waals surface area contributed by atoms with Crippen LogP contribution in [-0.2, 0) is 14.4 Å². The molecule has 0 bridgehead atoms. The van der Waals surface area contributed by atoms with Gasteiger partial charge in [0.15, 0.2) is 0 Å². The van der Waals surface area contributed by atoms with Gasteiger partial charge in [0.25, 0.3) is 0 Å². The molecule has 1 aliphatic carbocycles. The van der Waals surface area contributed by atoms with Crippen molar-refractivity contribution >= 4 is 23.4 Å². The molecule has 7 heteroatoms. The average molecular weight is 374 g/mol. The Hall–Kier alpha value is -2.57. The minimum atomic E-state index is -0.426. The first-order chi connectivity index (χ1) is 13.0. The minimum Gasteiger partial charge on any atom is -0.494 e. The second-order valence-corrected chi connectivity index (χ2v) is 6.83. The number of fused-ring (bicyclic) bond motifs is 1. The maximum Gasteiger partial charge on any atom is 0.244 e. The second-order valence-electron chi connectivity index (χ2n) is 6.83. The quantitative estimate of drug-likeness (QED) is 0.742. The third kappa shape index (κ3) is 4.07. The topological polar surface area (TPSA) is 84.9 Å². The van der Waals surface area contributed by atoms with Gasteiger partial charge in [-0.1, -0.05) is 12.8 Å². The van der Waals surface area contributed by atoms with Crippen molar-refractivity contribution in [2.75, 3.05) is 25.1 Å². The SMILES string of the molecule is CCOc1ccc(OCC)c(NC(=O)CN2C(=O)C3CCCCC3C2=O)c1. The molecule has 1 N–H and O–H groups in total. The number of amides is 3. The highest BCUT2D eigenvalue weighted by molar-refractivity contribution is 6.08. The number of imide groups is 1. The standard InChI is InChI=1S/C20H26N2O5/c1-3-26-13-9-10-17(27-4-2)16(11-13)21-18(23)12-22-19(24)14-7-5-6-8-15(14)20(22)25/h9-11,14-15H,3-8,12H2,1-2H3,(H,21,23). The fourth-order valence-corrected chi connectivity index (χ4v) is 3.86. The van der Waals surface area contributed by atoms with Gasteiger partial charge in [0.05, 0.1) is 30.7 Å². The fraction of sp³-hybridized carbons (Fsp3) is 0.550. The van der Waals surface area contributed by atoms with Gasteiger partial charge in [0.2, 0.25) is 17.7 Å². The van der Waals surface area contributed by atoms with Crippen LogP contribution < -0.4 is 14.8 Å². The molecule has 0 radical (unpaired) electrons. The Balaban J connectivity index is 1.71. The summed E-state index contributed by atoms with van der Waals surface area (Å²) in [6, 6.07) is 5.17. The zero-order valence-electron chi connectivity index (χ0n) is 15.8. The first-order valence-electron chi connectivity index (χ1n) is 9.59. The maximum atomic E-state index is 12.5. The molecule has 1 aromatic carbocycles. The number of nitrogens with zero attached hydrogens (tertiary/aromatic N) is 1. The summed E-state index contributed by atoms with van der Waals surface area (Å²) in [5.74, 6) is -0.234. The van der Waals surface area contributed by atoms with E-state index in [1.54, 1.807) is 18.2 Å². The summed E-state index contributed by atoms with van der Waals surface area (Å²) in [6.07, 6.45) is 3.39. The number of hydrogen-bond donors (Lipinski definition) is 1. The molecule has 2 unspecified atom stereocenters. The number of hydrogen-bond acceptors (Lipinski definition) is 5. The Morgan fingerprint density at radius 1 is 1.07 bits per heavy atom. The Labute approximate surface area is 159 Å². The summed E-state index contributed by atoms with van der Waals surface area (Å²) in [5, 5.41) is 2.75. The molecular weight excluding hydrogens is 348 g/mol. The van der Waals surface area contributed by atoms with Crippen LogP contribution >= 0.6 is 0 Å². The monoisotopic (exact) mass is 374 g/mol. The van der Waals surface area contributed by atoms with Gasteiger partial charge in [-0.15, -0.1) is 0 Å². The summed E-state index contributed by atoms with van der Waals surface area (Å²) < 4.78 is 11.0. The molecule has 146 valence electrons. The minimum absolute atomic E-state index is 0.215. The van der Waals surface area contributed by atoms with Gasteiger partial charge >= 0.3 is 0 Å². The number of carbonyl (C=O) groups excluding carboxylic acids is 3. The van der Waals surface area contributed by atoms with E-state index in [1.807, 2.05) is 13.8 Å². The van der Waals surface area contributed by atoms with Crippen LogP contribution in [0.15, 0.2) is 18.2 Å². The summed E-state index contributed by atoms with van der Waals surface area (Å²) in [7, 11) is 0. The number of carbonyl (C=O) groups is 3. The van der Waals surface area contributed by atoms with E-state index < -0.39 is 5.91 Å². The number of anilines is 1. The molecule has 1 saturated carbocycles. The van der Waals surface area contributed by atoms with Gasteiger partial charge in [-0.3, -0.25) is 19.3 Å². The van der Waals surface area contributed by atoms with E-state index >= 15 is 0 Å². The molecule has 1 heterocycles. The zero-order chi connectivity index (χ0) is 19.4. The van der Waals surface area contributed by atoms with Crippen molar-refractivity contribution < 1.29 is 23.9 Å². The molecule has 27 heavy (non-hydrogen) atoms. The van der Waals surface area contributed by atoms with Gasteiger partial charge in [-0.2, -0.15) is 0 Å². The summed E-state index contributed by atoms with van der Waals surface area (Å²) >= 11 is 0. The van der Waals surface area contributed by atoms with Crippen molar-refractivity contribution in [3.63, 3.8) is 0 Å². The van der Waals surface area contributed by atoms with E-state index in [9.17, 15) is 14.4 Å². The van der Waals surface area contributed by atoms with E-state index in [1.165, 1.54) is 0 Å². The Morgan fingerprint density at radius 2 is 1.70 bits per heavy atom. The number of nitrogens with one attached hydrogen (secondary N) is 1. The highest BCUT2D eigenvalue weighted by atomic mass is 16.5. The number of rotatable bonds is 7. The average Bonchev–Trinajstić information content (AvgIpc) is 2.89. The number of likely N-dealkylation sites (tertiary alicyclic amines) is 1. The van der Waals surface area contributed by atoms with Crippen molar-refractivity contribution in [3.8, 4) is 11.5 Å². The summed E-state index contributed by atoms with van der Waals surface area (Å²) in [5.41, 5.74) is 0.462. The van der Waals surface area contributed by atoms with Crippen LogP contribution in [0.3, 0.4) is 0 Å². The summed E-state index contributed by atoms with van der Waals surface area (Å²) in [6.45, 7) is 4.41. The van der Waals surface area contributed by atoms with E-state index in [0.717, 1.165) is 30.6 Å². The molecule has 1 aromatic rings. The molecule has 0 aromatic heterocycles. The maximum absolute atomic E-state index is 12.5. The number of benzene rings is 1. The van der Waals surface area contributed by atoms with Gasteiger partial charge in [-0.05, 0) is 38.8 Å². The molecule has 2 fully saturated rings. The molecule has 2 atom stereocenters. The highest BCUT2D eigenvalue weighted by Gasteiger charge is 2.48. The molecule has 3 amide bonds. The molecule has 7 nitrogen and oxygen atoms in total. The van der Waals surface area contributed by atoms with Crippen LogP contribution in [0.1, 0.15) is 39.5 Å². The van der Waals surface area contributed by atoms with E-state index in [4.69, 9.17) is 9.47 Å². The second kappa shape index (κ2) is 8.41. The Kier molecular flexibility index (Phi) is 5.98. The van der Waals surface area contributed by atoms with Crippen LogP contribution in [0, 0.1) is 11.8 Å². The molecule has 1 aliphatic heterocycles. The molecule has 3 rings (SSSR count). The lowest BCUT2D eigenvalue weighted by atomic mass is 9.81. The molecule has 2 aliphatic rings. The van der Waals surface area contributed by atoms with Crippen LogP contribution in [0.25, 0.3) is 0 Å². The van der Waals surface area contributed by atoms with Gasteiger partial charge in [0, 0.05) is 6.07 Å². The highest BCUT2D eigenvalue weighted by Crippen LogP contribution is 2.38. The first-order valence-corrected chi connectivity index (χ1v) is 9.59. The van der Waals surface area contributed by atoms with Gasteiger partial charge in [-0.25, -0.2) is 0 Å². The fourth-order valence-electron chi connectivity index (χ4n) is 3.86. The van der Waals surface area contributed by atoms with E-state index in [0.29, 0.717) is 30.4 Å². The lowest BCUT2D eigenvalue weighted by Gasteiger charge is -2.19. The van der Waals surface area contributed by atoms with Gasteiger partial charge in [0.1, 0.15) is 18.0 Å². The van der Waals surface area contributed by atoms with Crippen LogP contribution in [-0.4, -0.2) is 42.4 Å². The smallest absolute Gasteiger partial charge is 0.244 e. The third-order valence-electron chi connectivity index (χ3n) is 5.07. The summed E-state index contributed by atoms with van der Waals surface area (Å²) in [4.78, 5) is 38.7. The van der Waals surface area contributed by atoms with E-state index in [2.05, 4.69) is 5.32 Å². The van der Waals surface area contributed by atoms with Crippen LogP contribution in [0.4, 0.5) is 5.69 Å². The van der Waals surface area contributed by atoms with Crippen LogP contribution in [0.2, 0.25) is 0 Å². The normalized spacial score (nSPS) is 21.8. The predicted octanol–water partition coefficient (Wildman–Crippen LogP) is 2.60. The van der Waals surface area contributed by atoms with Crippen molar-refractivity contribution in [2.24, 2.45) is 11.8 Å². The Morgan fingerprint density at radius 3 is 2.30 bits per heavy atom. The molecule has 0 spiro atoms. The zero-order valence-corrected chi connectivity index (χ0v) is 15.8.